The van der Waals surface area contributed by atoms with Crippen molar-refractivity contribution < 1.29 is 23.7 Å². The molecule has 2 aliphatic rings. The normalized spacial score (nSPS) is 15.0. The van der Waals surface area contributed by atoms with Gasteiger partial charge in [0, 0.05) is 48.7 Å². The minimum atomic E-state index is 0.0900. The number of rotatable bonds is 6. The van der Waals surface area contributed by atoms with Crippen molar-refractivity contribution in [1.29, 1.82) is 0 Å². The van der Waals surface area contributed by atoms with Crippen molar-refractivity contribution in [2.24, 2.45) is 4.99 Å². The zero-order valence-corrected chi connectivity index (χ0v) is 16.8. The Morgan fingerprint density at radius 3 is 2.59 bits per heavy atom. The molecule has 0 aromatic heterocycles. The second kappa shape index (κ2) is 8.55. The highest BCUT2D eigenvalue weighted by atomic mass is 16.5. The highest BCUT2D eigenvalue weighted by molar-refractivity contribution is 6.13. The van der Waals surface area contributed by atoms with E-state index in [1.807, 2.05) is 24.3 Å². The summed E-state index contributed by atoms with van der Waals surface area (Å²) in [6.07, 6.45) is 2.27. The number of hydrogen-bond donors (Lipinski definition) is 0. The van der Waals surface area contributed by atoms with Crippen molar-refractivity contribution in [1.82, 2.24) is 0 Å². The molecule has 0 N–H and O–H groups in total. The van der Waals surface area contributed by atoms with Crippen LogP contribution in [0, 0.1) is 0 Å². The average molecular weight is 395 g/mol. The number of methoxy groups -OCH3 is 2. The molecule has 2 heterocycles. The molecule has 152 valence electrons. The van der Waals surface area contributed by atoms with E-state index in [0.29, 0.717) is 31.3 Å². The summed E-state index contributed by atoms with van der Waals surface area (Å²) >= 11 is 0. The minimum absolute atomic E-state index is 0.0900. The van der Waals surface area contributed by atoms with E-state index in [9.17, 15) is 4.79 Å². The van der Waals surface area contributed by atoms with Crippen molar-refractivity contribution in [3.05, 3.63) is 47.0 Å². The fraction of sp³-hybridized carbons (Fsp3) is 0.391. The second-order valence-electron chi connectivity index (χ2n) is 7.15. The molecule has 0 amide bonds. The van der Waals surface area contributed by atoms with Crippen LogP contribution in [0.5, 0.6) is 23.0 Å². The van der Waals surface area contributed by atoms with Crippen LogP contribution in [0.4, 0.5) is 0 Å². The molecule has 0 saturated heterocycles. The Morgan fingerprint density at radius 2 is 1.83 bits per heavy atom. The number of benzene rings is 2. The number of ether oxygens (including phenoxy) is 4. The van der Waals surface area contributed by atoms with E-state index in [4.69, 9.17) is 18.9 Å². The predicted octanol–water partition coefficient (Wildman–Crippen LogP) is 3.41. The summed E-state index contributed by atoms with van der Waals surface area (Å²) in [5, 5.41) is 0. The lowest BCUT2D eigenvalue weighted by Crippen LogP contribution is -2.18. The smallest absolute Gasteiger partial charge is 0.161 e. The van der Waals surface area contributed by atoms with Gasteiger partial charge in [0.1, 0.15) is 17.3 Å². The van der Waals surface area contributed by atoms with Crippen LogP contribution >= 0.6 is 0 Å². The van der Waals surface area contributed by atoms with Crippen molar-refractivity contribution >= 4 is 11.5 Å². The maximum atomic E-state index is 12.8. The number of aliphatic imine (C=N–C) groups is 1. The topological polar surface area (TPSA) is 66.4 Å². The van der Waals surface area contributed by atoms with Gasteiger partial charge in [-0.1, -0.05) is 6.07 Å². The number of fused-ring (bicyclic) bond motifs is 2. The van der Waals surface area contributed by atoms with Gasteiger partial charge in [0.2, 0.25) is 0 Å². The van der Waals surface area contributed by atoms with Crippen LogP contribution in [0.2, 0.25) is 0 Å². The van der Waals surface area contributed by atoms with Gasteiger partial charge in [-0.2, -0.15) is 0 Å². The van der Waals surface area contributed by atoms with Crippen LogP contribution in [0.3, 0.4) is 0 Å². The minimum Gasteiger partial charge on any atom is -0.497 e. The first-order valence-electron chi connectivity index (χ1n) is 9.86. The van der Waals surface area contributed by atoms with Gasteiger partial charge in [0.15, 0.2) is 11.5 Å². The highest BCUT2D eigenvalue weighted by Gasteiger charge is 2.22. The predicted molar refractivity (Wildman–Crippen MR) is 110 cm³/mol. The third-order valence-electron chi connectivity index (χ3n) is 5.21. The van der Waals surface area contributed by atoms with Gasteiger partial charge in [-0.15, -0.1) is 0 Å². The Kier molecular flexibility index (Phi) is 5.69. The summed E-state index contributed by atoms with van der Waals surface area (Å²) in [5.41, 5.74) is 3.82. The lowest BCUT2D eigenvalue weighted by atomic mass is 9.92. The molecule has 0 aliphatic carbocycles. The van der Waals surface area contributed by atoms with E-state index in [1.54, 1.807) is 20.3 Å². The van der Waals surface area contributed by atoms with Gasteiger partial charge in [0.25, 0.3) is 0 Å². The summed E-state index contributed by atoms with van der Waals surface area (Å²) in [4.78, 5) is 17.5. The van der Waals surface area contributed by atoms with Crippen LogP contribution in [0.15, 0.2) is 35.3 Å². The molecule has 0 fully saturated rings. The van der Waals surface area contributed by atoms with Gasteiger partial charge >= 0.3 is 0 Å². The molecule has 2 aromatic carbocycles. The van der Waals surface area contributed by atoms with Gasteiger partial charge in [-0.05, 0) is 30.2 Å². The van der Waals surface area contributed by atoms with E-state index in [-0.39, 0.29) is 18.6 Å². The molecule has 29 heavy (non-hydrogen) atoms. The van der Waals surface area contributed by atoms with Crippen molar-refractivity contribution in [2.45, 2.75) is 25.7 Å². The molecule has 2 aromatic rings. The molecule has 0 atom stereocenters. The van der Waals surface area contributed by atoms with Crippen molar-refractivity contribution in [3.63, 3.8) is 0 Å². The molecule has 6 heteroatoms. The first kappa shape index (κ1) is 19.3. The summed E-state index contributed by atoms with van der Waals surface area (Å²) in [6, 6.07) is 9.53. The maximum absolute atomic E-state index is 12.8. The number of Topliss-reactive ketones (excluding diaryl/α,β-unsaturated/α-hetero) is 1. The lowest BCUT2D eigenvalue weighted by molar-refractivity contribution is -0.117. The number of carbonyl (C=O) groups excluding carboxylic acids is 1. The summed E-state index contributed by atoms with van der Waals surface area (Å²) in [7, 11) is 3.20. The molecule has 6 nitrogen and oxygen atoms in total. The van der Waals surface area contributed by atoms with E-state index in [2.05, 4.69) is 4.99 Å². The zero-order valence-electron chi connectivity index (χ0n) is 16.8. The first-order valence-corrected chi connectivity index (χ1v) is 9.86. The van der Waals surface area contributed by atoms with Crippen molar-refractivity contribution in [3.8, 4) is 23.0 Å². The standard InChI is InChI=1S/C23H25NO5/c1-26-18-5-4-16(21(13-18)27-2)10-17(25)12-20-19-14-23-22(28-8-3-9-29-23)11-15(19)6-7-24-20/h4-5,11,13-14H,3,6-10,12H2,1-2H3. The fourth-order valence-electron chi connectivity index (χ4n) is 3.73. The molecule has 2 aliphatic heterocycles. The molecular formula is C23H25NO5. The summed E-state index contributed by atoms with van der Waals surface area (Å²) in [6.45, 7) is 1.98. The zero-order chi connectivity index (χ0) is 20.2. The molecule has 0 spiro atoms. The summed E-state index contributed by atoms with van der Waals surface area (Å²) in [5.74, 6) is 2.97. The van der Waals surface area contributed by atoms with Crippen LogP contribution in [-0.4, -0.2) is 45.5 Å². The van der Waals surface area contributed by atoms with E-state index < -0.39 is 0 Å². The molecule has 0 radical (unpaired) electrons. The quantitative estimate of drug-likeness (QED) is 0.750. The van der Waals surface area contributed by atoms with Gasteiger partial charge in [-0.3, -0.25) is 9.79 Å². The second-order valence-corrected chi connectivity index (χ2v) is 7.15. The molecule has 0 unspecified atom stereocenters. The van der Waals surface area contributed by atoms with E-state index in [1.165, 1.54) is 0 Å². The molecule has 0 bridgehead atoms. The van der Waals surface area contributed by atoms with E-state index in [0.717, 1.165) is 46.7 Å². The molecular weight excluding hydrogens is 370 g/mol. The molecule has 4 rings (SSSR count). The maximum Gasteiger partial charge on any atom is 0.161 e. The fourth-order valence-corrected chi connectivity index (χ4v) is 3.73. The Balaban J connectivity index is 1.53. The number of hydrogen-bond acceptors (Lipinski definition) is 6. The summed E-state index contributed by atoms with van der Waals surface area (Å²) < 4.78 is 22.3. The monoisotopic (exact) mass is 395 g/mol. The highest BCUT2D eigenvalue weighted by Crippen LogP contribution is 2.35. The van der Waals surface area contributed by atoms with Crippen molar-refractivity contribution in [2.75, 3.05) is 34.0 Å². The lowest BCUT2D eigenvalue weighted by Gasteiger charge is -2.19. The Morgan fingerprint density at radius 1 is 1.03 bits per heavy atom. The number of nitrogens with zero attached hydrogens (tertiary/aromatic N) is 1. The Labute approximate surface area is 170 Å². The number of ketones is 1. The van der Waals surface area contributed by atoms with Crippen LogP contribution in [0.25, 0.3) is 0 Å². The molecule has 0 saturated carbocycles. The first-order chi connectivity index (χ1) is 14.2. The van der Waals surface area contributed by atoms with Gasteiger partial charge in [0.05, 0.1) is 27.4 Å². The van der Waals surface area contributed by atoms with Crippen LogP contribution in [-0.2, 0) is 17.6 Å². The van der Waals surface area contributed by atoms with Gasteiger partial charge in [-0.25, -0.2) is 0 Å². The Bertz CT molecular complexity index is 951. The Hall–Kier alpha value is -3.02. The third-order valence-corrected chi connectivity index (χ3v) is 5.21. The van der Waals surface area contributed by atoms with Gasteiger partial charge < -0.3 is 18.9 Å². The van der Waals surface area contributed by atoms with Crippen LogP contribution < -0.4 is 18.9 Å². The van der Waals surface area contributed by atoms with E-state index >= 15 is 0 Å². The SMILES string of the molecule is COc1ccc(CC(=O)CC2=NCCc3cc4c(cc32)OCCCO4)c(OC)c1. The number of carbonyl (C=O) groups is 1. The largest absolute Gasteiger partial charge is 0.497 e. The average Bonchev–Trinajstić information content (AvgIpc) is 2.97. The third kappa shape index (κ3) is 4.21. The van der Waals surface area contributed by atoms with Crippen LogP contribution in [0.1, 0.15) is 29.5 Å².